The molecule has 0 aromatic heterocycles. The van der Waals surface area contributed by atoms with E-state index in [0.717, 1.165) is 6.42 Å². The summed E-state index contributed by atoms with van der Waals surface area (Å²) in [5.74, 6) is 0.787. The van der Waals surface area contributed by atoms with Gasteiger partial charge in [0.15, 0.2) is 5.78 Å². The second kappa shape index (κ2) is 4.98. The van der Waals surface area contributed by atoms with Crippen LogP contribution in [0.2, 0.25) is 0 Å². The molecule has 2 fully saturated rings. The maximum atomic E-state index is 11.7. The zero-order valence-electron chi connectivity index (χ0n) is 10.1. The average molecular weight is 223 g/mol. The monoisotopic (exact) mass is 223 g/mol. The molecule has 1 amide bonds. The third kappa shape index (κ3) is 2.28. The molecule has 3 heteroatoms. The minimum absolute atomic E-state index is 0.0578. The summed E-state index contributed by atoms with van der Waals surface area (Å²) < 4.78 is 0. The number of Topliss-reactive ketones (excluding diaryl/α,β-unsaturated/α-hetero) is 1. The number of hydrogen-bond donors (Lipinski definition) is 0. The Labute approximate surface area is 97.2 Å². The molecule has 0 aromatic carbocycles. The van der Waals surface area contributed by atoms with Gasteiger partial charge >= 0.3 is 0 Å². The largest absolute Gasteiger partial charge is 0.332 e. The van der Waals surface area contributed by atoms with Gasteiger partial charge in [-0.3, -0.25) is 9.59 Å². The van der Waals surface area contributed by atoms with Crippen molar-refractivity contribution in [2.24, 2.45) is 5.92 Å². The number of likely N-dealkylation sites (tertiary alicyclic amines) is 1. The first kappa shape index (κ1) is 11.6. The van der Waals surface area contributed by atoms with Gasteiger partial charge in [-0.1, -0.05) is 26.2 Å². The number of hydrogen-bond acceptors (Lipinski definition) is 2. The van der Waals surface area contributed by atoms with Crippen LogP contribution in [-0.2, 0) is 9.59 Å². The van der Waals surface area contributed by atoms with Gasteiger partial charge in [0.25, 0.3) is 0 Å². The standard InChI is InChI=1S/C13H21NO2/c1-2-12(10-6-4-3-5-7-10)14-9-11(15)8-13(14)16/h10,12H,2-9H2,1H3. The van der Waals surface area contributed by atoms with Crippen molar-refractivity contribution in [3.8, 4) is 0 Å². The van der Waals surface area contributed by atoms with Gasteiger partial charge in [-0.2, -0.15) is 0 Å². The maximum Gasteiger partial charge on any atom is 0.230 e. The van der Waals surface area contributed by atoms with Gasteiger partial charge in [-0.05, 0) is 25.2 Å². The van der Waals surface area contributed by atoms with E-state index in [1.54, 1.807) is 0 Å². The highest BCUT2D eigenvalue weighted by Crippen LogP contribution is 2.31. The molecule has 0 radical (unpaired) electrons. The smallest absolute Gasteiger partial charge is 0.230 e. The molecular formula is C13H21NO2. The van der Waals surface area contributed by atoms with E-state index >= 15 is 0 Å². The molecule has 1 saturated carbocycles. The highest BCUT2D eigenvalue weighted by Gasteiger charge is 2.36. The molecule has 1 atom stereocenters. The van der Waals surface area contributed by atoms with E-state index in [4.69, 9.17) is 0 Å². The molecule has 1 aliphatic heterocycles. The number of nitrogens with zero attached hydrogens (tertiary/aromatic N) is 1. The lowest BCUT2D eigenvalue weighted by Gasteiger charge is -2.35. The van der Waals surface area contributed by atoms with Crippen LogP contribution in [0.4, 0.5) is 0 Å². The van der Waals surface area contributed by atoms with Gasteiger partial charge in [0.2, 0.25) is 5.91 Å². The second-order valence-corrected chi connectivity index (χ2v) is 5.11. The molecule has 0 N–H and O–H groups in total. The number of carbonyl (C=O) groups is 2. The Morgan fingerprint density at radius 3 is 2.44 bits per heavy atom. The predicted octanol–water partition coefficient (Wildman–Crippen LogP) is 2.15. The maximum absolute atomic E-state index is 11.7. The quantitative estimate of drug-likeness (QED) is 0.687. The molecule has 0 aromatic rings. The summed E-state index contributed by atoms with van der Waals surface area (Å²) in [5.41, 5.74) is 0. The Morgan fingerprint density at radius 2 is 1.94 bits per heavy atom. The summed E-state index contributed by atoms with van der Waals surface area (Å²) >= 11 is 0. The molecule has 0 spiro atoms. The summed E-state index contributed by atoms with van der Waals surface area (Å²) in [6.45, 7) is 2.50. The molecule has 1 unspecified atom stereocenters. The van der Waals surface area contributed by atoms with E-state index in [1.165, 1.54) is 32.1 Å². The van der Waals surface area contributed by atoms with Crippen molar-refractivity contribution in [1.29, 1.82) is 0 Å². The Balaban J connectivity index is 2.03. The SMILES string of the molecule is CCC(C1CCCCC1)N1CC(=O)CC1=O. The van der Waals surface area contributed by atoms with Crippen molar-refractivity contribution in [3.05, 3.63) is 0 Å². The van der Waals surface area contributed by atoms with Crippen molar-refractivity contribution in [2.45, 2.75) is 57.9 Å². The van der Waals surface area contributed by atoms with Crippen LogP contribution in [0, 0.1) is 5.92 Å². The van der Waals surface area contributed by atoms with Crippen LogP contribution in [0.3, 0.4) is 0 Å². The number of rotatable bonds is 3. The van der Waals surface area contributed by atoms with Gasteiger partial charge in [0, 0.05) is 6.04 Å². The molecule has 1 heterocycles. The van der Waals surface area contributed by atoms with Crippen LogP contribution in [0.25, 0.3) is 0 Å². The molecule has 3 nitrogen and oxygen atoms in total. The molecule has 1 saturated heterocycles. The predicted molar refractivity (Wildman–Crippen MR) is 62.0 cm³/mol. The zero-order chi connectivity index (χ0) is 11.5. The van der Waals surface area contributed by atoms with Crippen LogP contribution in [0.5, 0.6) is 0 Å². The van der Waals surface area contributed by atoms with Crippen LogP contribution >= 0.6 is 0 Å². The summed E-state index contributed by atoms with van der Waals surface area (Å²) in [6, 6.07) is 0.319. The van der Waals surface area contributed by atoms with Gasteiger partial charge < -0.3 is 4.90 Å². The van der Waals surface area contributed by atoms with Crippen LogP contribution in [-0.4, -0.2) is 29.2 Å². The van der Waals surface area contributed by atoms with E-state index in [0.29, 0.717) is 18.5 Å². The summed E-state index contributed by atoms with van der Waals surface area (Å²) in [5, 5.41) is 0. The van der Waals surface area contributed by atoms with Crippen molar-refractivity contribution < 1.29 is 9.59 Å². The van der Waals surface area contributed by atoms with Gasteiger partial charge in [-0.25, -0.2) is 0 Å². The molecule has 0 bridgehead atoms. The van der Waals surface area contributed by atoms with Gasteiger partial charge in [-0.15, -0.1) is 0 Å². The van der Waals surface area contributed by atoms with E-state index in [2.05, 4.69) is 6.92 Å². The van der Waals surface area contributed by atoms with Crippen molar-refractivity contribution in [1.82, 2.24) is 4.90 Å². The van der Waals surface area contributed by atoms with E-state index in [1.807, 2.05) is 4.90 Å². The lowest BCUT2D eigenvalue weighted by molar-refractivity contribution is -0.131. The molecule has 2 aliphatic rings. The fraction of sp³-hybridized carbons (Fsp3) is 0.846. The minimum Gasteiger partial charge on any atom is -0.332 e. The number of amides is 1. The molecule has 1 aliphatic carbocycles. The summed E-state index contributed by atoms with van der Waals surface area (Å²) in [6.07, 6.45) is 7.51. The average Bonchev–Trinajstić information content (AvgIpc) is 2.61. The van der Waals surface area contributed by atoms with Gasteiger partial charge in [0.1, 0.15) is 0 Å². The number of carbonyl (C=O) groups excluding carboxylic acids is 2. The van der Waals surface area contributed by atoms with Crippen molar-refractivity contribution >= 4 is 11.7 Å². The first-order valence-electron chi connectivity index (χ1n) is 6.53. The van der Waals surface area contributed by atoms with Crippen molar-refractivity contribution in [3.63, 3.8) is 0 Å². The van der Waals surface area contributed by atoms with E-state index in [-0.39, 0.29) is 18.1 Å². The molecule has 2 rings (SSSR count). The second-order valence-electron chi connectivity index (χ2n) is 5.11. The van der Waals surface area contributed by atoms with E-state index in [9.17, 15) is 9.59 Å². The fourth-order valence-corrected chi connectivity index (χ4v) is 3.23. The van der Waals surface area contributed by atoms with Crippen LogP contribution in [0.1, 0.15) is 51.9 Å². The van der Waals surface area contributed by atoms with Crippen LogP contribution < -0.4 is 0 Å². The topological polar surface area (TPSA) is 37.4 Å². The molecule has 90 valence electrons. The third-order valence-corrected chi connectivity index (χ3v) is 4.03. The lowest BCUT2D eigenvalue weighted by atomic mass is 9.82. The number of ketones is 1. The lowest BCUT2D eigenvalue weighted by Crippen LogP contribution is -2.42. The Kier molecular flexibility index (Phi) is 3.62. The highest BCUT2D eigenvalue weighted by molar-refractivity contribution is 6.05. The summed E-state index contributed by atoms with van der Waals surface area (Å²) in [7, 11) is 0. The zero-order valence-corrected chi connectivity index (χ0v) is 10.1. The Hall–Kier alpha value is -0.860. The first-order valence-corrected chi connectivity index (χ1v) is 6.53. The van der Waals surface area contributed by atoms with Gasteiger partial charge in [0.05, 0.1) is 13.0 Å². The normalized spacial score (nSPS) is 25.2. The minimum atomic E-state index is 0.0578. The summed E-state index contributed by atoms with van der Waals surface area (Å²) in [4.78, 5) is 24.9. The van der Waals surface area contributed by atoms with Crippen LogP contribution in [0.15, 0.2) is 0 Å². The molecule has 16 heavy (non-hydrogen) atoms. The Bertz CT molecular complexity index is 282. The fourth-order valence-electron chi connectivity index (χ4n) is 3.23. The van der Waals surface area contributed by atoms with Crippen molar-refractivity contribution in [2.75, 3.05) is 6.54 Å². The third-order valence-electron chi connectivity index (χ3n) is 4.03. The Morgan fingerprint density at radius 1 is 1.25 bits per heavy atom. The molecular weight excluding hydrogens is 202 g/mol. The highest BCUT2D eigenvalue weighted by atomic mass is 16.2. The van der Waals surface area contributed by atoms with E-state index < -0.39 is 0 Å². The first-order chi connectivity index (χ1) is 7.72.